The summed E-state index contributed by atoms with van der Waals surface area (Å²) < 4.78 is 8.01. The number of ether oxygens (including phenoxy) is 1. The molecular weight excluding hydrogens is 336 g/mol. The second-order valence-electron chi connectivity index (χ2n) is 4.26. The van der Waals surface area contributed by atoms with Crippen LogP contribution in [0.5, 0.6) is 6.01 Å². The fraction of sp³-hybridized carbons (Fsp3) is 0.0714. The van der Waals surface area contributed by atoms with Crippen molar-refractivity contribution in [2.24, 2.45) is 0 Å². The first-order valence-corrected chi connectivity index (χ1v) is 7.00. The molecule has 1 amide bonds. The van der Waals surface area contributed by atoms with E-state index < -0.39 is 0 Å². The van der Waals surface area contributed by atoms with Crippen LogP contribution in [-0.4, -0.2) is 27.1 Å². The Morgan fingerprint density at radius 1 is 1.19 bits per heavy atom. The van der Waals surface area contributed by atoms with E-state index in [1.165, 1.54) is 0 Å². The number of carbonyl (C=O) groups is 1. The Bertz CT molecular complexity index is 770. The van der Waals surface area contributed by atoms with Crippen molar-refractivity contribution in [2.75, 3.05) is 11.9 Å². The summed E-state index contributed by atoms with van der Waals surface area (Å²) in [5.74, 6) is -0.259. The van der Waals surface area contributed by atoms with Crippen LogP contribution in [0.1, 0.15) is 0 Å². The van der Waals surface area contributed by atoms with Gasteiger partial charge >= 0.3 is 6.01 Å². The van der Waals surface area contributed by atoms with Gasteiger partial charge in [0.2, 0.25) is 0 Å². The van der Waals surface area contributed by atoms with Crippen molar-refractivity contribution in [1.29, 1.82) is 0 Å². The van der Waals surface area contributed by atoms with E-state index in [1.807, 2.05) is 30.3 Å². The van der Waals surface area contributed by atoms with Gasteiger partial charge in [-0.25, -0.2) is 0 Å². The average molecular weight is 347 g/mol. The van der Waals surface area contributed by atoms with Crippen molar-refractivity contribution in [3.05, 3.63) is 53.1 Å². The molecule has 0 aliphatic heterocycles. The third-order valence-electron chi connectivity index (χ3n) is 2.74. The number of fused-ring (bicyclic) bond motifs is 1. The van der Waals surface area contributed by atoms with Crippen LogP contribution in [0.4, 0.5) is 5.69 Å². The Hall–Kier alpha value is -2.41. The number of anilines is 1. The third-order valence-corrected chi connectivity index (χ3v) is 3.27. The van der Waals surface area contributed by atoms with Gasteiger partial charge in [-0.15, -0.1) is 5.10 Å². The number of amides is 1. The number of halogens is 1. The van der Waals surface area contributed by atoms with Gasteiger partial charge in [0.05, 0.1) is 0 Å². The number of benzene rings is 1. The summed E-state index contributed by atoms with van der Waals surface area (Å²) in [5.41, 5.74) is 1.37. The van der Waals surface area contributed by atoms with Gasteiger partial charge in [0, 0.05) is 16.4 Å². The Kier molecular flexibility index (Phi) is 3.83. The zero-order valence-electron chi connectivity index (χ0n) is 10.9. The zero-order valence-corrected chi connectivity index (χ0v) is 12.4. The van der Waals surface area contributed by atoms with E-state index in [1.54, 1.807) is 22.7 Å². The van der Waals surface area contributed by atoms with Crippen LogP contribution in [0.3, 0.4) is 0 Å². The molecule has 0 radical (unpaired) electrons. The standard InChI is InChI=1S/C14H11BrN4O2/c15-10-4-6-11(7-5-10)16-13(20)9-21-14-18-17-12-3-1-2-8-19(12)14/h1-8H,9H2,(H,16,20). The molecule has 21 heavy (non-hydrogen) atoms. The van der Waals surface area contributed by atoms with Gasteiger partial charge in [0.15, 0.2) is 12.3 Å². The van der Waals surface area contributed by atoms with Crippen LogP contribution in [0.25, 0.3) is 5.65 Å². The summed E-state index contributed by atoms with van der Waals surface area (Å²) in [5, 5.41) is 10.6. The van der Waals surface area contributed by atoms with Gasteiger partial charge in [-0.05, 0) is 36.4 Å². The van der Waals surface area contributed by atoms with Crippen molar-refractivity contribution in [1.82, 2.24) is 14.6 Å². The molecule has 1 N–H and O–H groups in total. The smallest absolute Gasteiger partial charge is 0.322 e. The van der Waals surface area contributed by atoms with E-state index in [2.05, 4.69) is 31.4 Å². The highest BCUT2D eigenvalue weighted by molar-refractivity contribution is 9.10. The molecular formula is C14H11BrN4O2. The fourth-order valence-electron chi connectivity index (χ4n) is 1.78. The molecule has 3 aromatic rings. The topological polar surface area (TPSA) is 68.5 Å². The lowest BCUT2D eigenvalue weighted by Gasteiger charge is -2.06. The molecule has 0 atom stereocenters. The predicted molar refractivity (Wildman–Crippen MR) is 81.3 cm³/mol. The highest BCUT2D eigenvalue weighted by Crippen LogP contribution is 2.14. The van der Waals surface area contributed by atoms with Gasteiger partial charge in [0.1, 0.15) is 0 Å². The summed E-state index contributed by atoms with van der Waals surface area (Å²) in [6.45, 7) is -0.133. The predicted octanol–water partition coefficient (Wildman–Crippen LogP) is 2.51. The summed E-state index contributed by atoms with van der Waals surface area (Å²) >= 11 is 3.34. The second kappa shape index (κ2) is 5.92. The number of rotatable bonds is 4. The Morgan fingerprint density at radius 2 is 2.00 bits per heavy atom. The fourth-order valence-corrected chi connectivity index (χ4v) is 2.04. The lowest BCUT2D eigenvalue weighted by Crippen LogP contribution is -2.20. The molecule has 7 heteroatoms. The van der Waals surface area contributed by atoms with Crippen LogP contribution in [0, 0.1) is 0 Å². The molecule has 1 aromatic carbocycles. The third kappa shape index (κ3) is 3.19. The van der Waals surface area contributed by atoms with Crippen molar-refractivity contribution in [2.45, 2.75) is 0 Å². The van der Waals surface area contributed by atoms with E-state index in [4.69, 9.17) is 4.74 Å². The highest BCUT2D eigenvalue weighted by Gasteiger charge is 2.08. The number of pyridine rings is 1. The van der Waals surface area contributed by atoms with Crippen LogP contribution >= 0.6 is 15.9 Å². The van der Waals surface area contributed by atoms with Gasteiger partial charge in [-0.3, -0.25) is 9.20 Å². The van der Waals surface area contributed by atoms with Crippen molar-refractivity contribution in [3.8, 4) is 6.01 Å². The van der Waals surface area contributed by atoms with Crippen molar-refractivity contribution in [3.63, 3.8) is 0 Å². The normalized spacial score (nSPS) is 10.5. The summed E-state index contributed by atoms with van der Waals surface area (Å²) in [6, 6.07) is 13.1. The quantitative estimate of drug-likeness (QED) is 0.788. The molecule has 0 unspecified atom stereocenters. The summed E-state index contributed by atoms with van der Waals surface area (Å²) in [4.78, 5) is 11.8. The monoisotopic (exact) mass is 346 g/mol. The SMILES string of the molecule is O=C(COc1nnc2ccccn12)Nc1ccc(Br)cc1. The lowest BCUT2D eigenvalue weighted by molar-refractivity contribution is -0.118. The maximum absolute atomic E-state index is 11.8. The summed E-state index contributed by atoms with van der Waals surface area (Å²) in [6.07, 6.45) is 1.78. The second-order valence-corrected chi connectivity index (χ2v) is 5.17. The minimum Gasteiger partial charge on any atom is -0.453 e. The van der Waals surface area contributed by atoms with E-state index >= 15 is 0 Å². The number of aromatic nitrogens is 3. The summed E-state index contributed by atoms with van der Waals surface area (Å²) in [7, 11) is 0. The van der Waals surface area contributed by atoms with Crippen LogP contribution in [0.15, 0.2) is 53.1 Å². The molecule has 0 spiro atoms. The van der Waals surface area contributed by atoms with Gasteiger partial charge < -0.3 is 10.1 Å². The average Bonchev–Trinajstić information content (AvgIpc) is 2.91. The molecule has 2 heterocycles. The van der Waals surface area contributed by atoms with E-state index in [9.17, 15) is 4.79 Å². The van der Waals surface area contributed by atoms with Crippen molar-refractivity contribution < 1.29 is 9.53 Å². The van der Waals surface area contributed by atoms with E-state index in [0.717, 1.165) is 4.47 Å². The number of hydrogen-bond acceptors (Lipinski definition) is 4. The Morgan fingerprint density at radius 3 is 2.81 bits per heavy atom. The van der Waals surface area contributed by atoms with Gasteiger partial charge in [0.25, 0.3) is 5.91 Å². The molecule has 3 rings (SSSR count). The molecule has 0 saturated carbocycles. The van der Waals surface area contributed by atoms with Crippen molar-refractivity contribution >= 4 is 33.2 Å². The molecule has 106 valence electrons. The minimum atomic E-state index is -0.259. The van der Waals surface area contributed by atoms with Crippen LogP contribution in [-0.2, 0) is 4.79 Å². The maximum Gasteiger partial charge on any atom is 0.322 e. The molecule has 0 fully saturated rings. The number of nitrogens with one attached hydrogen (secondary N) is 1. The molecule has 0 bridgehead atoms. The van der Waals surface area contributed by atoms with E-state index in [-0.39, 0.29) is 18.5 Å². The first-order chi connectivity index (χ1) is 10.2. The lowest BCUT2D eigenvalue weighted by atomic mass is 10.3. The number of hydrogen-bond donors (Lipinski definition) is 1. The Labute approximate surface area is 128 Å². The molecule has 6 nitrogen and oxygen atoms in total. The van der Waals surface area contributed by atoms with E-state index in [0.29, 0.717) is 11.3 Å². The minimum absolute atomic E-state index is 0.133. The first-order valence-electron chi connectivity index (χ1n) is 6.20. The zero-order chi connectivity index (χ0) is 14.7. The largest absolute Gasteiger partial charge is 0.453 e. The van der Waals surface area contributed by atoms with Crippen LogP contribution < -0.4 is 10.1 Å². The van der Waals surface area contributed by atoms with Gasteiger partial charge in [-0.1, -0.05) is 27.1 Å². The molecule has 2 aromatic heterocycles. The number of nitrogens with zero attached hydrogens (tertiary/aromatic N) is 3. The van der Waals surface area contributed by atoms with Gasteiger partial charge in [-0.2, -0.15) is 0 Å². The molecule has 0 aliphatic rings. The maximum atomic E-state index is 11.8. The highest BCUT2D eigenvalue weighted by atomic mass is 79.9. The number of carbonyl (C=O) groups excluding carboxylic acids is 1. The first kappa shape index (κ1) is 13.6. The Balaban J connectivity index is 1.62. The molecule has 0 aliphatic carbocycles. The van der Waals surface area contributed by atoms with Crippen LogP contribution in [0.2, 0.25) is 0 Å². The molecule has 0 saturated heterocycles.